The number of ether oxygens (including phenoxy) is 2. The number of aliphatic hydroxyl groups is 2. The minimum absolute atomic E-state index is 0.0245. The topological polar surface area (TPSA) is 58.9 Å². The molecule has 4 aromatic carbocycles. The van der Waals surface area contributed by atoms with Crippen LogP contribution in [0.5, 0.6) is 11.5 Å². The lowest BCUT2D eigenvalue weighted by Crippen LogP contribution is -2.03. The molecule has 0 unspecified atom stereocenters. The lowest BCUT2D eigenvalue weighted by molar-refractivity contribution is 0.201. The Morgan fingerprint density at radius 2 is 0.763 bits per heavy atom. The van der Waals surface area contributed by atoms with E-state index >= 15 is 0 Å². The van der Waals surface area contributed by atoms with Crippen molar-refractivity contribution in [1.82, 2.24) is 0 Å². The molecule has 0 aromatic heterocycles. The highest BCUT2D eigenvalue weighted by atomic mass is 16.5. The van der Waals surface area contributed by atoms with Gasteiger partial charge in [0.05, 0.1) is 13.2 Å². The van der Waals surface area contributed by atoms with Crippen molar-refractivity contribution in [3.63, 3.8) is 0 Å². The Hall–Kier alpha value is -3.86. The van der Waals surface area contributed by atoms with Gasteiger partial charge in [-0.2, -0.15) is 0 Å². The van der Waals surface area contributed by atoms with Crippen molar-refractivity contribution in [1.29, 1.82) is 0 Å². The Labute approximate surface area is 225 Å². The van der Waals surface area contributed by atoms with Crippen molar-refractivity contribution < 1.29 is 19.7 Å². The van der Waals surface area contributed by atoms with Gasteiger partial charge in [0.15, 0.2) is 0 Å². The van der Waals surface area contributed by atoms with Gasteiger partial charge in [-0.3, -0.25) is 0 Å². The summed E-state index contributed by atoms with van der Waals surface area (Å²) in [5.74, 6) is 1.44. The monoisotopic (exact) mass is 508 g/mol. The summed E-state index contributed by atoms with van der Waals surface area (Å²) in [7, 11) is 0. The number of aryl methyl sites for hydroxylation is 2. The molecule has 0 fully saturated rings. The van der Waals surface area contributed by atoms with E-state index in [1.165, 1.54) is 11.1 Å². The van der Waals surface area contributed by atoms with Crippen LogP contribution in [0.2, 0.25) is 0 Å². The Balaban J connectivity index is 1.94. The molecular weight excluding hydrogens is 472 g/mol. The second-order valence-corrected chi connectivity index (χ2v) is 9.04. The van der Waals surface area contributed by atoms with Gasteiger partial charge in [-0.15, -0.1) is 0 Å². The first-order valence-corrected chi connectivity index (χ1v) is 13.3. The van der Waals surface area contributed by atoms with Crippen LogP contribution in [0.15, 0.2) is 97.1 Å². The fourth-order valence-corrected chi connectivity index (χ4v) is 4.49. The van der Waals surface area contributed by atoms with Gasteiger partial charge in [-0.1, -0.05) is 86.6 Å². The van der Waals surface area contributed by atoms with E-state index in [4.69, 9.17) is 19.7 Å². The molecule has 4 nitrogen and oxygen atoms in total. The Morgan fingerprint density at radius 1 is 0.474 bits per heavy atom. The van der Waals surface area contributed by atoms with Crippen molar-refractivity contribution in [2.24, 2.45) is 0 Å². The summed E-state index contributed by atoms with van der Waals surface area (Å²) in [5, 5.41) is 18.3. The molecule has 0 aliphatic rings. The summed E-state index contributed by atoms with van der Waals surface area (Å²) in [6, 6.07) is 33.7. The largest absolute Gasteiger partial charge is 0.491 e. The van der Waals surface area contributed by atoms with E-state index in [2.05, 4.69) is 86.6 Å². The summed E-state index contributed by atoms with van der Waals surface area (Å²) in [6.07, 6.45) is 1.98. The van der Waals surface area contributed by atoms with E-state index in [1.54, 1.807) is 0 Å². The highest BCUT2D eigenvalue weighted by Crippen LogP contribution is 2.38. The van der Waals surface area contributed by atoms with Gasteiger partial charge in [-0.25, -0.2) is 0 Å². The molecule has 2 N–H and O–H groups in total. The summed E-state index contributed by atoms with van der Waals surface area (Å²) in [4.78, 5) is 0. The summed E-state index contributed by atoms with van der Waals surface area (Å²) in [6.45, 7) is 4.81. The Kier molecular flexibility index (Phi) is 9.74. The molecule has 0 aliphatic heterocycles. The molecule has 0 saturated carbocycles. The maximum absolute atomic E-state index is 9.14. The standard InChI is InChI=1S/C34H36O4/c1-3-25-5-9-27(10-6-25)33(28-11-7-26(4-2)8-12-28)34(29-13-17-31(18-14-29)37-23-21-35)30-15-19-32(20-16-30)38-24-22-36/h5-20,35-36H,3-4,21-24H2,1-2H3. The highest BCUT2D eigenvalue weighted by molar-refractivity contribution is 6.04. The van der Waals surface area contributed by atoms with E-state index < -0.39 is 0 Å². The maximum Gasteiger partial charge on any atom is 0.119 e. The fourth-order valence-electron chi connectivity index (χ4n) is 4.49. The minimum atomic E-state index is -0.0245. The predicted molar refractivity (Wildman–Crippen MR) is 155 cm³/mol. The first kappa shape index (κ1) is 27.2. The van der Waals surface area contributed by atoms with Crippen LogP contribution in [0, 0.1) is 0 Å². The van der Waals surface area contributed by atoms with E-state index in [0.717, 1.165) is 57.7 Å². The van der Waals surface area contributed by atoms with E-state index in [1.807, 2.05) is 24.3 Å². The molecule has 0 radical (unpaired) electrons. The third-order valence-corrected chi connectivity index (χ3v) is 6.56. The van der Waals surface area contributed by atoms with Gasteiger partial charge in [0, 0.05) is 0 Å². The second kappa shape index (κ2) is 13.6. The van der Waals surface area contributed by atoms with Gasteiger partial charge >= 0.3 is 0 Å². The fraction of sp³-hybridized carbons (Fsp3) is 0.235. The lowest BCUT2D eigenvalue weighted by atomic mass is 9.85. The smallest absolute Gasteiger partial charge is 0.119 e. The predicted octanol–water partition coefficient (Wildman–Crippen LogP) is 6.56. The molecule has 0 aliphatic carbocycles. The van der Waals surface area contributed by atoms with Crippen LogP contribution in [0.4, 0.5) is 0 Å². The molecule has 4 heteroatoms. The van der Waals surface area contributed by atoms with Crippen molar-refractivity contribution in [3.05, 3.63) is 130 Å². The first-order chi connectivity index (χ1) is 18.7. The molecule has 38 heavy (non-hydrogen) atoms. The normalized spacial score (nSPS) is 10.7. The molecule has 4 aromatic rings. The van der Waals surface area contributed by atoms with Crippen LogP contribution in [0.25, 0.3) is 11.1 Å². The average molecular weight is 509 g/mol. The van der Waals surface area contributed by atoms with E-state index in [9.17, 15) is 0 Å². The summed E-state index contributed by atoms with van der Waals surface area (Å²) >= 11 is 0. The van der Waals surface area contributed by atoms with Crippen LogP contribution in [0.1, 0.15) is 47.2 Å². The number of hydrogen-bond donors (Lipinski definition) is 2. The summed E-state index contributed by atoms with van der Waals surface area (Å²) in [5.41, 5.74) is 9.23. The zero-order valence-electron chi connectivity index (χ0n) is 22.2. The zero-order chi connectivity index (χ0) is 26.7. The van der Waals surface area contributed by atoms with Gasteiger partial charge in [0.2, 0.25) is 0 Å². The van der Waals surface area contributed by atoms with Gasteiger partial charge in [-0.05, 0) is 81.6 Å². The van der Waals surface area contributed by atoms with Crippen molar-refractivity contribution in [3.8, 4) is 11.5 Å². The molecule has 196 valence electrons. The third-order valence-electron chi connectivity index (χ3n) is 6.56. The van der Waals surface area contributed by atoms with Crippen LogP contribution >= 0.6 is 0 Å². The number of benzene rings is 4. The van der Waals surface area contributed by atoms with Gasteiger partial charge in [0.25, 0.3) is 0 Å². The van der Waals surface area contributed by atoms with Crippen molar-refractivity contribution in [2.45, 2.75) is 26.7 Å². The third kappa shape index (κ3) is 6.71. The van der Waals surface area contributed by atoms with Crippen LogP contribution in [0.3, 0.4) is 0 Å². The zero-order valence-corrected chi connectivity index (χ0v) is 22.2. The number of rotatable bonds is 12. The SMILES string of the molecule is CCc1ccc(C(=C(c2ccc(OCCO)cc2)c2ccc(OCCO)cc2)c2ccc(CC)cc2)cc1. The second-order valence-electron chi connectivity index (χ2n) is 9.04. The van der Waals surface area contributed by atoms with E-state index in [-0.39, 0.29) is 26.4 Å². The van der Waals surface area contributed by atoms with Crippen LogP contribution in [-0.2, 0) is 12.8 Å². The van der Waals surface area contributed by atoms with Crippen LogP contribution < -0.4 is 9.47 Å². The molecule has 0 spiro atoms. The maximum atomic E-state index is 9.14. The molecule has 4 rings (SSSR count). The first-order valence-electron chi connectivity index (χ1n) is 13.3. The molecule has 0 saturated heterocycles. The van der Waals surface area contributed by atoms with Gasteiger partial charge < -0.3 is 19.7 Å². The summed E-state index contributed by atoms with van der Waals surface area (Å²) < 4.78 is 11.3. The highest BCUT2D eigenvalue weighted by Gasteiger charge is 2.17. The Morgan fingerprint density at radius 3 is 1.03 bits per heavy atom. The van der Waals surface area contributed by atoms with Crippen molar-refractivity contribution >= 4 is 11.1 Å². The number of hydrogen-bond acceptors (Lipinski definition) is 4. The molecule has 0 atom stereocenters. The molecule has 0 heterocycles. The molecular formula is C34H36O4. The Bertz CT molecular complexity index is 1200. The molecule has 0 amide bonds. The van der Waals surface area contributed by atoms with Gasteiger partial charge in [0.1, 0.15) is 24.7 Å². The quantitative estimate of drug-likeness (QED) is 0.213. The number of aliphatic hydroxyl groups excluding tert-OH is 2. The minimum Gasteiger partial charge on any atom is -0.491 e. The van der Waals surface area contributed by atoms with E-state index in [0.29, 0.717) is 0 Å². The molecule has 0 bridgehead atoms. The van der Waals surface area contributed by atoms with Crippen molar-refractivity contribution in [2.75, 3.05) is 26.4 Å². The lowest BCUT2D eigenvalue weighted by Gasteiger charge is -2.19. The average Bonchev–Trinajstić information content (AvgIpc) is 2.98. The van der Waals surface area contributed by atoms with Crippen LogP contribution in [-0.4, -0.2) is 36.6 Å².